The molecule has 0 saturated carbocycles. The third kappa shape index (κ3) is 5.48. The van der Waals surface area contributed by atoms with Gasteiger partial charge in [-0.1, -0.05) is 18.2 Å². The molecule has 1 aromatic rings. The fraction of sp³-hybridized carbons (Fsp3) is 0.444. The largest absolute Gasteiger partial charge is 0.444 e. The van der Waals surface area contributed by atoms with Crippen LogP contribution in [-0.2, 0) is 22.4 Å². The van der Waals surface area contributed by atoms with Crippen molar-refractivity contribution in [3.8, 4) is 0 Å². The monoisotopic (exact) mass is 506 g/mol. The molecule has 1 aromatic heterocycles. The Morgan fingerprint density at radius 2 is 2.14 bits per heavy atom. The van der Waals surface area contributed by atoms with E-state index in [0.29, 0.717) is 69.4 Å². The highest BCUT2D eigenvalue weighted by Gasteiger charge is 2.28. The molecular formula is C27H34N6O4. The summed E-state index contributed by atoms with van der Waals surface area (Å²) in [6.07, 6.45) is 11.5. The summed E-state index contributed by atoms with van der Waals surface area (Å²) in [6.45, 7) is 4.56. The Morgan fingerprint density at radius 1 is 1.27 bits per heavy atom. The van der Waals surface area contributed by atoms with Gasteiger partial charge in [0.15, 0.2) is 0 Å². The molecule has 4 aliphatic rings. The van der Waals surface area contributed by atoms with Gasteiger partial charge in [-0.15, -0.1) is 0 Å². The van der Waals surface area contributed by atoms with Gasteiger partial charge in [0, 0.05) is 45.7 Å². The van der Waals surface area contributed by atoms with Crippen molar-refractivity contribution in [3.63, 3.8) is 0 Å². The SMILES string of the molecule is CC1=CC(C(=N)N2CCCC2=N)=CC=CC1NC(=O)c1cc2c(cn1)CCN(C(=O)OC1CCOC1)C2.[HH]. The molecule has 2 saturated heterocycles. The normalized spacial score (nSPS) is 23.2. The Kier molecular flexibility index (Phi) is 7.18. The van der Waals surface area contributed by atoms with Crippen LogP contribution in [0.4, 0.5) is 4.79 Å². The number of carbonyl (C=O) groups is 2. The maximum Gasteiger partial charge on any atom is 0.410 e. The number of nitrogens with zero attached hydrogens (tertiary/aromatic N) is 3. The lowest BCUT2D eigenvalue weighted by molar-refractivity contribution is 0.0516. The third-order valence-electron chi connectivity index (χ3n) is 7.15. The zero-order chi connectivity index (χ0) is 25.9. The van der Waals surface area contributed by atoms with Crippen molar-refractivity contribution < 1.29 is 20.5 Å². The maximum atomic E-state index is 13.1. The molecule has 2 fully saturated rings. The van der Waals surface area contributed by atoms with Gasteiger partial charge in [-0.05, 0) is 48.6 Å². The van der Waals surface area contributed by atoms with E-state index < -0.39 is 0 Å². The minimum atomic E-state index is -0.356. The second-order valence-electron chi connectivity index (χ2n) is 9.78. The molecule has 2 atom stereocenters. The molecular weight excluding hydrogens is 472 g/mol. The summed E-state index contributed by atoms with van der Waals surface area (Å²) in [7, 11) is 0. The Hall–Kier alpha value is -3.79. The van der Waals surface area contributed by atoms with Crippen LogP contribution < -0.4 is 5.32 Å². The van der Waals surface area contributed by atoms with Gasteiger partial charge in [-0.3, -0.25) is 20.6 Å². The zero-order valence-corrected chi connectivity index (χ0v) is 21.0. The van der Waals surface area contributed by atoms with E-state index in [9.17, 15) is 9.59 Å². The Morgan fingerprint density at radius 3 is 2.89 bits per heavy atom. The van der Waals surface area contributed by atoms with Gasteiger partial charge in [0.1, 0.15) is 23.5 Å². The molecule has 3 aliphatic heterocycles. The van der Waals surface area contributed by atoms with Crippen LogP contribution in [0.15, 0.2) is 47.7 Å². The predicted molar refractivity (Wildman–Crippen MR) is 140 cm³/mol. The van der Waals surface area contributed by atoms with Crippen molar-refractivity contribution in [2.24, 2.45) is 0 Å². The van der Waals surface area contributed by atoms with Gasteiger partial charge in [-0.25, -0.2) is 4.79 Å². The van der Waals surface area contributed by atoms with E-state index in [1.54, 1.807) is 22.1 Å². The van der Waals surface area contributed by atoms with Crippen LogP contribution in [0.2, 0.25) is 0 Å². The highest BCUT2D eigenvalue weighted by molar-refractivity contribution is 6.09. The number of fused-ring (bicyclic) bond motifs is 1. The number of amides is 2. The van der Waals surface area contributed by atoms with Crippen LogP contribution in [0.1, 0.15) is 49.2 Å². The number of pyridine rings is 1. The second kappa shape index (κ2) is 10.7. The van der Waals surface area contributed by atoms with Gasteiger partial charge in [0.05, 0.1) is 19.3 Å². The Labute approximate surface area is 217 Å². The van der Waals surface area contributed by atoms with Crippen molar-refractivity contribution in [1.82, 2.24) is 20.1 Å². The smallest absolute Gasteiger partial charge is 0.410 e. The zero-order valence-electron chi connectivity index (χ0n) is 21.0. The van der Waals surface area contributed by atoms with Gasteiger partial charge < -0.3 is 24.6 Å². The lowest BCUT2D eigenvalue weighted by Crippen LogP contribution is -2.39. The minimum absolute atomic E-state index is 0. The van der Waals surface area contributed by atoms with Crippen molar-refractivity contribution in [2.75, 3.05) is 26.3 Å². The van der Waals surface area contributed by atoms with Crippen molar-refractivity contribution >= 4 is 23.7 Å². The highest BCUT2D eigenvalue weighted by Crippen LogP contribution is 2.22. The maximum absolute atomic E-state index is 13.1. The number of aromatic nitrogens is 1. The van der Waals surface area contributed by atoms with E-state index in [1.165, 1.54) is 0 Å². The molecule has 196 valence electrons. The van der Waals surface area contributed by atoms with Crippen LogP contribution in [0.5, 0.6) is 0 Å². The van der Waals surface area contributed by atoms with Crippen LogP contribution in [0, 0.1) is 10.8 Å². The molecule has 3 N–H and O–H groups in total. The second-order valence-corrected chi connectivity index (χ2v) is 9.78. The van der Waals surface area contributed by atoms with Gasteiger partial charge in [0.25, 0.3) is 5.91 Å². The van der Waals surface area contributed by atoms with Gasteiger partial charge in [-0.2, -0.15) is 0 Å². The molecule has 37 heavy (non-hydrogen) atoms. The molecule has 10 nitrogen and oxygen atoms in total. The van der Waals surface area contributed by atoms with Crippen molar-refractivity contribution in [2.45, 2.75) is 51.3 Å². The summed E-state index contributed by atoms with van der Waals surface area (Å²) in [5.41, 5.74) is 3.79. The molecule has 0 bridgehead atoms. The van der Waals surface area contributed by atoms with E-state index in [-0.39, 0.29) is 31.3 Å². The lowest BCUT2D eigenvalue weighted by Gasteiger charge is -2.29. The van der Waals surface area contributed by atoms with Gasteiger partial charge in [0.2, 0.25) is 0 Å². The number of hydrogen-bond donors (Lipinski definition) is 3. The molecule has 1 aliphatic carbocycles. The predicted octanol–water partition coefficient (Wildman–Crippen LogP) is 3.20. The number of allylic oxidation sites excluding steroid dienone is 2. The van der Waals surface area contributed by atoms with Crippen molar-refractivity contribution in [1.29, 1.82) is 10.8 Å². The summed E-state index contributed by atoms with van der Waals surface area (Å²) in [5, 5.41) is 19.6. The summed E-state index contributed by atoms with van der Waals surface area (Å²) >= 11 is 0. The number of hydrogen-bond acceptors (Lipinski definition) is 7. The van der Waals surface area contributed by atoms with E-state index in [4.69, 9.17) is 20.3 Å². The van der Waals surface area contributed by atoms with Crippen LogP contribution in [0.25, 0.3) is 0 Å². The van der Waals surface area contributed by atoms with E-state index >= 15 is 0 Å². The number of likely N-dealkylation sites (tertiary alicyclic amines) is 1. The van der Waals surface area contributed by atoms with Crippen LogP contribution in [-0.4, -0.2) is 76.9 Å². The lowest BCUT2D eigenvalue weighted by atomic mass is 10.0. The molecule has 10 heteroatoms. The average molecular weight is 507 g/mol. The molecule has 2 amide bonds. The number of amidine groups is 2. The fourth-order valence-electron chi connectivity index (χ4n) is 4.95. The fourth-order valence-corrected chi connectivity index (χ4v) is 4.95. The standard InChI is InChI=1S/C27H32N6O4.H2/c1-17-12-18(25(29)33-9-3-6-24(33)28)4-2-5-22(17)31-26(34)23-13-20-15-32(10-7-19(20)14-30-23)27(35)37-21-8-11-36-16-21;/h2,4-5,12-14,21-22,28-29H,3,6-11,15-16H2,1H3,(H,31,34);1H. The minimum Gasteiger partial charge on any atom is -0.444 e. The topological polar surface area (TPSA) is 132 Å². The summed E-state index contributed by atoms with van der Waals surface area (Å²) in [4.78, 5) is 33.5. The molecule has 0 spiro atoms. The first-order valence-corrected chi connectivity index (χ1v) is 12.7. The molecule has 5 rings (SSSR count). The highest BCUT2D eigenvalue weighted by atomic mass is 16.6. The first kappa shape index (κ1) is 24.9. The van der Waals surface area contributed by atoms with Crippen LogP contribution in [0.3, 0.4) is 0 Å². The molecule has 2 unspecified atom stereocenters. The number of carbonyl (C=O) groups excluding carboxylic acids is 2. The number of ether oxygens (including phenoxy) is 2. The average Bonchev–Trinajstić information content (AvgIpc) is 3.53. The molecule has 4 heterocycles. The number of rotatable bonds is 4. The Bertz CT molecular complexity index is 1220. The summed E-state index contributed by atoms with van der Waals surface area (Å²) in [6, 6.07) is 1.39. The number of nitrogens with one attached hydrogen (secondary N) is 3. The van der Waals surface area contributed by atoms with Crippen molar-refractivity contribution in [3.05, 3.63) is 64.5 Å². The Balaban J connectivity index is 0.00000336. The quantitative estimate of drug-likeness (QED) is 0.424. The molecule has 0 aromatic carbocycles. The van der Waals surface area contributed by atoms with E-state index in [2.05, 4.69) is 10.3 Å². The van der Waals surface area contributed by atoms with E-state index in [1.807, 2.05) is 31.2 Å². The molecule has 0 radical (unpaired) electrons. The third-order valence-corrected chi connectivity index (χ3v) is 7.15. The first-order chi connectivity index (χ1) is 17.9. The van der Waals surface area contributed by atoms with Gasteiger partial charge >= 0.3 is 6.09 Å². The summed E-state index contributed by atoms with van der Waals surface area (Å²) in [5.74, 6) is 0.458. The first-order valence-electron chi connectivity index (χ1n) is 12.7. The summed E-state index contributed by atoms with van der Waals surface area (Å²) < 4.78 is 10.8. The van der Waals surface area contributed by atoms with E-state index in [0.717, 1.165) is 23.1 Å². The van der Waals surface area contributed by atoms with Crippen LogP contribution >= 0.6 is 0 Å².